The van der Waals surface area contributed by atoms with Gasteiger partial charge < -0.3 is 10.1 Å². The number of aliphatic imine (C=N–C) groups is 1. The van der Waals surface area contributed by atoms with Crippen LogP contribution < -0.4 is 5.32 Å². The van der Waals surface area contributed by atoms with E-state index in [9.17, 15) is 0 Å². The Hall–Kier alpha value is -5.15. The maximum absolute atomic E-state index is 6.49. The van der Waals surface area contributed by atoms with Crippen LogP contribution in [0, 0.1) is 35.0 Å². The number of hydrogen-bond donors (Lipinski definition) is 1. The lowest BCUT2D eigenvalue weighted by Gasteiger charge is -2.45. The molecule has 7 unspecified atom stereocenters. The van der Waals surface area contributed by atoms with E-state index in [1.165, 1.54) is 78.3 Å². The SMILES string of the molecule is CC1(C)C2=CC3c4ccccc4C4(CCCCC4)C3CC2C2C(c3ccc(-c4ccc(C5=NC(c6ccccc6)C6=C(N5)OC5=CCCCC56)cc4)cc3)=CC=CC21. The number of nitrogens with one attached hydrogen (secondary N) is 1. The molecule has 2 heterocycles. The zero-order valence-corrected chi connectivity index (χ0v) is 34.0. The summed E-state index contributed by atoms with van der Waals surface area (Å²) in [4.78, 5) is 5.36. The topological polar surface area (TPSA) is 33.6 Å². The fourth-order valence-corrected chi connectivity index (χ4v) is 13.6. The minimum absolute atomic E-state index is 0.0490. The second-order valence-corrected chi connectivity index (χ2v) is 19.2. The molecule has 7 atom stereocenters. The van der Waals surface area contributed by atoms with E-state index in [1.54, 1.807) is 16.7 Å². The normalized spacial score (nSPS) is 30.6. The van der Waals surface area contributed by atoms with Crippen molar-refractivity contribution in [1.29, 1.82) is 0 Å². The summed E-state index contributed by atoms with van der Waals surface area (Å²) in [6.45, 7) is 5.09. The molecule has 3 heteroatoms. The average molecular weight is 759 g/mol. The van der Waals surface area contributed by atoms with Gasteiger partial charge in [-0.1, -0.05) is 166 Å². The molecule has 3 nitrogen and oxygen atoms in total. The van der Waals surface area contributed by atoms with E-state index in [0.717, 1.165) is 41.8 Å². The summed E-state index contributed by atoms with van der Waals surface area (Å²) < 4.78 is 6.49. The number of fused-ring (bicyclic) bond motifs is 10. The lowest BCUT2D eigenvalue weighted by Crippen LogP contribution is -2.38. The minimum Gasteiger partial charge on any atom is -0.445 e. The fourth-order valence-electron chi connectivity index (χ4n) is 13.6. The molecule has 2 aliphatic heterocycles. The number of ether oxygens (including phenoxy) is 1. The summed E-state index contributed by atoms with van der Waals surface area (Å²) >= 11 is 0. The molecule has 4 aromatic carbocycles. The van der Waals surface area contributed by atoms with Crippen LogP contribution in [0.4, 0.5) is 0 Å². The first-order valence-corrected chi connectivity index (χ1v) is 22.4. The molecule has 2 saturated carbocycles. The van der Waals surface area contributed by atoms with Crippen molar-refractivity contribution in [3.8, 4) is 11.1 Å². The van der Waals surface area contributed by atoms with Crippen LogP contribution in [-0.4, -0.2) is 5.84 Å². The van der Waals surface area contributed by atoms with Gasteiger partial charge in [0.15, 0.2) is 0 Å². The molecular formula is C55H54N2O. The molecule has 1 N–H and O–H groups in total. The van der Waals surface area contributed by atoms with E-state index in [0.29, 0.717) is 35.0 Å². The van der Waals surface area contributed by atoms with Gasteiger partial charge in [0.1, 0.15) is 17.6 Å². The molecule has 6 aliphatic carbocycles. The largest absolute Gasteiger partial charge is 0.445 e. The van der Waals surface area contributed by atoms with E-state index in [4.69, 9.17) is 9.73 Å². The third kappa shape index (κ3) is 5.14. The zero-order chi connectivity index (χ0) is 38.6. The fraction of sp³-hybridized carbons (Fsp3) is 0.364. The van der Waals surface area contributed by atoms with Gasteiger partial charge in [0.2, 0.25) is 5.88 Å². The van der Waals surface area contributed by atoms with Crippen LogP contribution in [0.1, 0.15) is 111 Å². The number of amidine groups is 1. The van der Waals surface area contributed by atoms with Crippen LogP contribution in [0.2, 0.25) is 0 Å². The first-order chi connectivity index (χ1) is 28.5. The number of rotatable bonds is 4. The standard InChI is InChI=1S/C55H54N2O/c1-54(2)45-20-13-18-39(49(45)43-33-47-42(32-46(43)54)40-16-7-9-19-44(40)55(47)30-11-4-12-31-55)36-26-22-34(23-27-36)35-24-28-38(29-25-35)52-56-51(37-14-5-3-6-15-37)50-41-17-8-10-21-48(41)58-53(50)57-52/h3,5-7,9,13-16,18-29,32,41-43,45,47,49,51H,4,8,10-12,17,30-31,33H2,1-2H3,(H,56,57). The Morgan fingerprint density at radius 3 is 2.28 bits per heavy atom. The quantitative estimate of drug-likeness (QED) is 0.210. The molecule has 0 bridgehead atoms. The Kier molecular flexibility index (Phi) is 7.92. The van der Waals surface area contributed by atoms with Gasteiger partial charge in [0.05, 0.1) is 0 Å². The predicted octanol–water partition coefficient (Wildman–Crippen LogP) is 13.2. The third-order valence-electron chi connectivity index (χ3n) is 16.2. The zero-order valence-electron chi connectivity index (χ0n) is 34.0. The molecule has 0 amide bonds. The van der Waals surface area contributed by atoms with Crippen LogP contribution in [0.3, 0.4) is 0 Å². The van der Waals surface area contributed by atoms with Crippen LogP contribution in [0.25, 0.3) is 16.7 Å². The smallest absolute Gasteiger partial charge is 0.200 e. The van der Waals surface area contributed by atoms with Crippen LogP contribution in [0.15, 0.2) is 161 Å². The average Bonchev–Trinajstić information content (AvgIpc) is 3.86. The molecule has 0 radical (unpaired) electrons. The third-order valence-corrected chi connectivity index (χ3v) is 16.2. The monoisotopic (exact) mass is 758 g/mol. The summed E-state index contributed by atoms with van der Waals surface area (Å²) in [6.07, 6.45) is 24.1. The van der Waals surface area contributed by atoms with Crippen LogP contribution >= 0.6 is 0 Å². The molecular weight excluding hydrogens is 705 g/mol. The van der Waals surface area contributed by atoms with Gasteiger partial charge in [-0.25, -0.2) is 0 Å². The first kappa shape index (κ1) is 34.9. The van der Waals surface area contributed by atoms with Gasteiger partial charge in [-0.2, -0.15) is 0 Å². The molecule has 0 aromatic heterocycles. The van der Waals surface area contributed by atoms with Crippen molar-refractivity contribution in [2.45, 2.75) is 89.0 Å². The van der Waals surface area contributed by atoms with Gasteiger partial charge in [0, 0.05) is 23.0 Å². The molecule has 58 heavy (non-hydrogen) atoms. The van der Waals surface area contributed by atoms with E-state index in [2.05, 4.69) is 153 Å². The summed E-state index contributed by atoms with van der Waals surface area (Å²) in [7, 11) is 0. The molecule has 2 fully saturated rings. The van der Waals surface area contributed by atoms with Gasteiger partial charge in [0.25, 0.3) is 0 Å². The molecule has 290 valence electrons. The second kappa shape index (κ2) is 13.2. The van der Waals surface area contributed by atoms with E-state index in [1.807, 2.05) is 0 Å². The molecule has 4 aromatic rings. The highest BCUT2D eigenvalue weighted by Gasteiger charge is 2.60. The Morgan fingerprint density at radius 2 is 1.48 bits per heavy atom. The number of allylic oxidation sites excluding steroid dienone is 8. The Labute approximate surface area is 344 Å². The number of nitrogens with zero attached hydrogens (tertiary/aromatic N) is 1. The van der Waals surface area contributed by atoms with Crippen molar-refractivity contribution in [2.75, 3.05) is 0 Å². The summed E-state index contributed by atoms with van der Waals surface area (Å²) in [5, 5.41) is 3.62. The summed E-state index contributed by atoms with van der Waals surface area (Å²) in [6, 6.07) is 38.7. The summed E-state index contributed by atoms with van der Waals surface area (Å²) in [5.74, 6) is 6.10. The molecule has 12 rings (SSSR count). The molecule has 8 aliphatic rings. The second-order valence-electron chi connectivity index (χ2n) is 19.2. The van der Waals surface area contributed by atoms with Gasteiger partial charge in [-0.05, 0) is 118 Å². The first-order valence-electron chi connectivity index (χ1n) is 22.4. The van der Waals surface area contributed by atoms with Crippen molar-refractivity contribution in [3.63, 3.8) is 0 Å². The maximum atomic E-state index is 6.49. The van der Waals surface area contributed by atoms with Gasteiger partial charge in [-0.15, -0.1) is 0 Å². The van der Waals surface area contributed by atoms with Crippen LogP contribution in [0.5, 0.6) is 0 Å². The summed E-state index contributed by atoms with van der Waals surface area (Å²) in [5.41, 5.74) is 14.5. The van der Waals surface area contributed by atoms with Crippen molar-refractivity contribution < 1.29 is 4.74 Å². The van der Waals surface area contributed by atoms with Crippen molar-refractivity contribution in [1.82, 2.24) is 5.32 Å². The number of hydrogen-bond acceptors (Lipinski definition) is 3. The van der Waals surface area contributed by atoms with E-state index in [-0.39, 0.29) is 11.5 Å². The van der Waals surface area contributed by atoms with Crippen molar-refractivity contribution in [2.24, 2.45) is 40.0 Å². The highest BCUT2D eigenvalue weighted by Crippen LogP contribution is 2.69. The minimum atomic E-state index is -0.0490. The van der Waals surface area contributed by atoms with Gasteiger partial charge in [-0.3, -0.25) is 4.99 Å². The van der Waals surface area contributed by atoms with E-state index < -0.39 is 0 Å². The van der Waals surface area contributed by atoms with Crippen molar-refractivity contribution >= 4 is 11.4 Å². The Morgan fingerprint density at radius 1 is 0.759 bits per heavy atom. The Balaban J connectivity index is 0.824. The number of benzene rings is 4. The van der Waals surface area contributed by atoms with Crippen molar-refractivity contribution in [3.05, 3.63) is 184 Å². The van der Waals surface area contributed by atoms with E-state index >= 15 is 0 Å². The van der Waals surface area contributed by atoms with Gasteiger partial charge >= 0.3 is 0 Å². The predicted molar refractivity (Wildman–Crippen MR) is 236 cm³/mol. The molecule has 1 spiro atoms. The van der Waals surface area contributed by atoms with Crippen LogP contribution in [-0.2, 0) is 10.2 Å². The maximum Gasteiger partial charge on any atom is 0.200 e. The Bertz CT molecular complexity index is 2490. The lowest BCUT2D eigenvalue weighted by molar-refractivity contribution is 0.161. The highest BCUT2D eigenvalue weighted by molar-refractivity contribution is 6.01. The molecule has 0 saturated heterocycles. The highest BCUT2D eigenvalue weighted by atomic mass is 16.5. The lowest BCUT2D eigenvalue weighted by atomic mass is 9.58.